The summed E-state index contributed by atoms with van der Waals surface area (Å²) in [5.74, 6) is 0. The van der Waals surface area contributed by atoms with Crippen LogP contribution in [0.1, 0.15) is 16.0 Å². The summed E-state index contributed by atoms with van der Waals surface area (Å²) in [6.07, 6.45) is -3.29. The van der Waals surface area contributed by atoms with Crippen LogP contribution in [-0.4, -0.2) is 0 Å². The van der Waals surface area contributed by atoms with Crippen molar-refractivity contribution in [2.24, 2.45) is 0 Å². The van der Waals surface area contributed by atoms with Crippen molar-refractivity contribution in [3.8, 4) is 0 Å². The third-order valence-electron chi connectivity index (χ3n) is 2.45. The normalized spacial score (nSPS) is 11.7. The molecule has 4 heteroatoms. The van der Waals surface area contributed by atoms with E-state index in [4.69, 9.17) is 0 Å². The molecule has 0 atom stereocenters. The molecule has 2 rings (SSSR count). The fourth-order valence-electron chi connectivity index (χ4n) is 1.65. The minimum atomic E-state index is -4.29. The van der Waals surface area contributed by atoms with E-state index in [0.717, 1.165) is 10.9 Å². The highest BCUT2D eigenvalue weighted by Crippen LogP contribution is 2.32. The van der Waals surface area contributed by atoms with Crippen molar-refractivity contribution in [3.63, 3.8) is 0 Å². The number of thiophene rings is 1. The predicted molar refractivity (Wildman–Crippen MR) is 62.0 cm³/mol. The maximum absolute atomic E-state index is 12.7. The standard InChI is InChI=1S/C13H10F3S/c14-13(15,16)12-6-2-1-4-10(12)7-8-11-5-3-9-17-11/h1-3,5-6,9H,7-8H2. The second kappa shape index (κ2) is 4.92. The number of rotatable bonds is 3. The summed E-state index contributed by atoms with van der Waals surface area (Å²) in [6, 6.07) is 10.5. The lowest BCUT2D eigenvalue weighted by molar-refractivity contribution is -0.138. The average Bonchev–Trinajstić information content (AvgIpc) is 2.78. The van der Waals surface area contributed by atoms with Gasteiger partial charge in [-0.15, -0.1) is 11.3 Å². The van der Waals surface area contributed by atoms with Crippen LogP contribution >= 0.6 is 11.3 Å². The number of hydrogen-bond donors (Lipinski definition) is 0. The second-order valence-corrected chi connectivity index (χ2v) is 4.67. The van der Waals surface area contributed by atoms with Crippen molar-refractivity contribution < 1.29 is 13.2 Å². The van der Waals surface area contributed by atoms with E-state index >= 15 is 0 Å². The number of halogens is 3. The molecule has 0 aliphatic carbocycles. The largest absolute Gasteiger partial charge is 0.416 e. The third kappa shape index (κ3) is 3.09. The van der Waals surface area contributed by atoms with Crippen LogP contribution in [0.5, 0.6) is 0 Å². The molecule has 0 saturated heterocycles. The van der Waals surface area contributed by atoms with Crippen molar-refractivity contribution in [2.45, 2.75) is 19.0 Å². The van der Waals surface area contributed by atoms with E-state index in [1.54, 1.807) is 11.3 Å². The Morgan fingerprint density at radius 1 is 1.12 bits per heavy atom. The lowest BCUT2D eigenvalue weighted by Crippen LogP contribution is -2.09. The molecular formula is C13H10F3S. The topological polar surface area (TPSA) is 0 Å². The molecule has 0 aliphatic rings. The van der Waals surface area contributed by atoms with Gasteiger partial charge in [0, 0.05) is 4.88 Å². The molecule has 0 unspecified atom stereocenters. The second-order valence-electron chi connectivity index (χ2n) is 3.64. The van der Waals surface area contributed by atoms with Crippen molar-refractivity contribution in [1.82, 2.24) is 0 Å². The molecule has 1 aromatic heterocycles. The van der Waals surface area contributed by atoms with E-state index in [1.807, 2.05) is 17.5 Å². The van der Waals surface area contributed by atoms with Gasteiger partial charge in [0.2, 0.25) is 0 Å². The molecule has 0 fully saturated rings. The Bertz CT molecular complexity index is 472. The van der Waals surface area contributed by atoms with Gasteiger partial charge in [0.15, 0.2) is 0 Å². The van der Waals surface area contributed by atoms with Gasteiger partial charge in [0.25, 0.3) is 0 Å². The van der Waals surface area contributed by atoms with Gasteiger partial charge in [-0.25, -0.2) is 0 Å². The Kier molecular flexibility index (Phi) is 3.52. The van der Waals surface area contributed by atoms with E-state index in [0.29, 0.717) is 12.8 Å². The van der Waals surface area contributed by atoms with Crippen LogP contribution in [0.2, 0.25) is 0 Å². The van der Waals surface area contributed by atoms with Crippen LogP contribution in [-0.2, 0) is 19.0 Å². The smallest absolute Gasteiger partial charge is 0.166 e. The van der Waals surface area contributed by atoms with Gasteiger partial charge in [-0.05, 0) is 42.0 Å². The fraction of sp³-hybridized carbons (Fsp3) is 0.231. The van der Waals surface area contributed by atoms with Crippen molar-refractivity contribution in [2.75, 3.05) is 0 Å². The van der Waals surface area contributed by atoms with Crippen molar-refractivity contribution in [1.29, 1.82) is 0 Å². The van der Waals surface area contributed by atoms with E-state index in [9.17, 15) is 13.2 Å². The Morgan fingerprint density at radius 3 is 2.59 bits per heavy atom. The monoisotopic (exact) mass is 255 g/mol. The first-order valence-corrected chi connectivity index (χ1v) is 6.04. The molecular weight excluding hydrogens is 245 g/mol. The maximum Gasteiger partial charge on any atom is 0.416 e. The molecule has 0 aliphatic heterocycles. The number of benzene rings is 1. The summed E-state index contributed by atoms with van der Waals surface area (Å²) >= 11 is 1.56. The summed E-state index contributed by atoms with van der Waals surface area (Å²) in [4.78, 5) is 1.09. The highest BCUT2D eigenvalue weighted by atomic mass is 32.1. The summed E-state index contributed by atoms with van der Waals surface area (Å²) in [6.45, 7) is 0. The highest BCUT2D eigenvalue weighted by Gasteiger charge is 2.32. The molecule has 89 valence electrons. The molecule has 1 heterocycles. The first-order valence-electron chi connectivity index (χ1n) is 5.16. The van der Waals surface area contributed by atoms with Gasteiger partial charge in [0.05, 0.1) is 5.56 Å². The van der Waals surface area contributed by atoms with Crippen LogP contribution in [0.15, 0.2) is 35.7 Å². The van der Waals surface area contributed by atoms with Crippen molar-refractivity contribution >= 4 is 11.3 Å². The van der Waals surface area contributed by atoms with Gasteiger partial charge in [-0.3, -0.25) is 0 Å². The quantitative estimate of drug-likeness (QED) is 0.764. The van der Waals surface area contributed by atoms with E-state index in [1.165, 1.54) is 12.1 Å². The van der Waals surface area contributed by atoms with Gasteiger partial charge in [-0.2, -0.15) is 13.2 Å². The predicted octanol–water partition coefficient (Wildman–Crippen LogP) is 4.35. The first kappa shape index (κ1) is 12.2. The maximum atomic E-state index is 12.7. The molecule has 0 saturated carbocycles. The summed E-state index contributed by atoms with van der Waals surface area (Å²) in [5, 5.41) is 1.93. The SMILES string of the molecule is FC(F)(F)c1ccc[c]c1CCc1cccs1. The molecule has 0 spiro atoms. The lowest BCUT2D eigenvalue weighted by Gasteiger charge is -2.11. The van der Waals surface area contributed by atoms with Gasteiger partial charge in [-0.1, -0.05) is 18.2 Å². The molecule has 1 aromatic carbocycles. The first-order chi connectivity index (χ1) is 8.07. The van der Waals surface area contributed by atoms with Crippen LogP contribution in [0.4, 0.5) is 13.2 Å². The minimum absolute atomic E-state index is 0.244. The Morgan fingerprint density at radius 2 is 1.94 bits per heavy atom. The average molecular weight is 255 g/mol. The van der Waals surface area contributed by atoms with Gasteiger partial charge >= 0.3 is 6.18 Å². The number of hydrogen-bond acceptors (Lipinski definition) is 1. The zero-order valence-corrected chi connectivity index (χ0v) is 9.74. The molecule has 0 N–H and O–H groups in total. The Hall–Kier alpha value is -1.29. The van der Waals surface area contributed by atoms with Crippen molar-refractivity contribution in [3.05, 3.63) is 57.8 Å². The van der Waals surface area contributed by atoms with E-state index in [-0.39, 0.29) is 5.56 Å². The lowest BCUT2D eigenvalue weighted by atomic mass is 10.0. The third-order valence-corrected chi connectivity index (χ3v) is 3.38. The van der Waals surface area contributed by atoms with Crippen LogP contribution < -0.4 is 0 Å². The summed E-state index contributed by atoms with van der Waals surface area (Å²) in [7, 11) is 0. The molecule has 0 amide bonds. The Balaban J connectivity index is 2.16. The van der Waals surface area contributed by atoms with Crippen LogP contribution in [0, 0.1) is 6.07 Å². The zero-order valence-electron chi connectivity index (χ0n) is 8.92. The van der Waals surface area contributed by atoms with Crippen LogP contribution in [0.3, 0.4) is 0 Å². The molecule has 0 nitrogen and oxygen atoms in total. The number of alkyl halides is 3. The van der Waals surface area contributed by atoms with Gasteiger partial charge < -0.3 is 0 Å². The summed E-state index contributed by atoms with van der Waals surface area (Å²) < 4.78 is 38.1. The minimum Gasteiger partial charge on any atom is -0.166 e. The molecule has 1 radical (unpaired) electrons. The van der Waals surface area contributed by atoms with Gasteiger partial charge in [0.1, 0.15) is 0 Å². The fourth-order valence-corrected chi connectivity index (χ4v) is 2.36. The number of aryl methyl sites for hydroxylation is 2. The van der Waals surface area contributed by atoms with E-state index < -0.39 is 11.7 Å². The molecule has 2 aromatic rings. The summed E-state index contributed by atoms with van der Waals surface area (Å²) in [5.41, 5.74) is -0.329. The highest BCUT2D eigenvalue weighted by molar-refractivity contribution is 7.09. The van der Waals surface area contributed by atoms with Crippen LogP contribution in [0.25, 0.3) is 0 Å². The molecule has 17 heavy (non-hydrogen) atoms. The van der Waals surface area contributed by atoms with E-state index in [2.05, 4.69) is 6.07 Å². The molecule has 0 bridgehead atoms. The zero-order chi connectivity index (χ0) is 12.3. The Labute approximate surface area is 102 Å².